The summed E-state index contributed by atoms with van der Waals surface area (Å²) in [6.45, 7) is 9.83. The van der Waals surface area contributed by atoms with Crippen LogP contribution in [0.2, 0.25) is 5.02 Å². The zero-order valence-electron chi connectivity index (χ0n) is 20.1. The fourth-order valence-corrected chi connectivity index (χ4v) is 3.56. The maximum Gasteiger partial charge on any atom is 0.251 e. The summed E-state index contributed by atoms with van der Waals surface area (Å²) >= 11 is 6.26. The van der Waals surface area contributed by atoms with Gasteiger partial charge < -0.3 is 20.5 Å². The summed E-state index contributed by atoms with van der Waals surface area (Å²) in [5.41, 5.74) is 2.07. The number of benzene rings is 2. The number of carbonyl (C=O) groups is 2. The molecule has 0 aromatic heterocycles. The first kappa shape index (κ1) is 29.5. The van der Waals surface area contributed by atoms with Crippen LogP contribution in [0.15, 0.2) is 42.5 Å². The van der Waals surface area contributed by atoms with E-state index < -0.39 is 0 Å². The molecule has 0 fully saturated rings. The molecule has 1 atom stereocenters. The first-order valence-electron chi connectivity index (χ1n) is 11.2. The number of aliphatic hydroxyl groups is 1. The van der Waals surface area contributed by atoms with Gasteiger partial charge in [0.15, 0.2) is 0 Å². The molecule has 6 nitrogen and oxygen atoms in total. The summed E-state index contributed by atoms with van der Waals surface area (Å²) in [6.07, 6.45) is 1.38. The molecule has 3 N–H and O–H groups in total. The van der Waals surface area contributed by atoms with Crippen LogP contribution in [-0.2, 0) is 11.2 Å². The Labute approximate surface area is 209 Å². The Balaban J connectivity index is 0.00000578. The number of anilines is 1. The number of nitrogens with one attached hydrogen (secondary N) is 2. The van der Waals surface area contributed by atoms with E-state index in [1.165, 1.54) is 0 Å². The van der Waals surface area contributed by atoms with Crippen molar-refractivity contribution in [2.45, 2.75) is 73.5 Å². The lowest BCUT2D eigenvalue weighted by molar-refractivity contribution is -0.117. The fourth-order valence-electron chi connectivity index (χ4n) is 3.34. The van der Waals surface area contributed by atoms with Crippen LogP contribution in [-0.4, -0.2) is 35.7 Å². The van der Waals surface area contributed by atoms with Gasteiger partial charge in [-0.1, -0.05) is 51.9 Å². The average Bonchev–Trinajstić information content (AvgIpc) is 2.69. The molecule has 0 spiro atoms. The highest BCUT2D eigenvalue weighted by molar-refractivity contribution is 6.32. The van der Waals surface area contributed by atoms with Crippen molar-refractivity contribution in [3.63, 3.8) is 0 Å². The molecule has 0 radical (unpaired) electrons. The first-order chi connectivity index (χ1) is 15.5. The molecule has 0 aliphatic carbocycles. The van der Waals surface area contributed by atoms with Gasteiger partial charge in [0.05, 0.1) is 11.1 Å². The molecular formula is C27H39ClN2O4. The number of ether oxygens (including phenoxy) is 1. The van der Waals surface area contributed by atoms with E-state index in [-0.39, 0.29) is 43.4 Å². The number of hydrogen-bond donors (Lipinski definition) is 3. The van der Waals surface area contributed by atoms with Crippen molar-refractivity contribution in [3.8, 4) is 5.75 Å². The van der Waals surface area contributed by atoms with Crippen LogP contribution in [0.5, 0.6) is 5.75 Å². The van der Waals surface area contributed by atoms with Crippen molar-refractivity contribution < 1.29 is 19.4 Å². The molecule has 0 aliphatic rings. The lowest BCUT2D eigenvalue weighted by atomic mass is 9.92. The summed E-state index contributed by atoms with van der Waals surface area (Å²) in [5.74, 6) is 0.242. The van der Waals surface area contributed by atoms with Gasteiger partial charge >= 0.3 is 0 Å². The normalized spacial score (nSPS) is 12.0. The zero-order chi connectivity index (χ0) is 24.6. The van der Waals surface area contributed by atoms with Crippen LogP contribution >= 0.6 is 11.6 Å². The number of amides is 2. The van der Waals surface area contributed by atoms with Gasteiger partial charge in [-0.25, -0.2) is 0 Å². The molecule has 2 amide bonds. The topological polar surface area (TPSA) is 87.7 Å². The largest absolute Gasteiger partial charge is 0.489 e. The Kier molecular flexibility index (Phi) is 11.6. The van der Waals surface area contributed by atoms with Crippen LogP contribution in [0.25, 0.3) is 0 Å². The first-order valence-corrected chi connectivity index (χ1v) is 11.6. The van der Waals surface area contributed by atoms with E-state index in [1.54, 1.807) is 18.2 Å². The second kappa shape index (κ2) is 13.4. The van der Waals surface area contributed by atoms with Crippen LogP contribution < -0.4 is 15.4 Å². The van der Waals surface area contributed by atoms with Gasteiger partial charge in [-0.2, -0.15) is 0 Å². The van der Waals surface area contributed by atoms with E-state index in [0.29, 0.717) is 35.6 Å². The van der Waals surface area contributed by atoms with E-state index in [1.807, 2.05) is 58.9 Å². The van der Waals surface area contributed by atoms with Crippen molar-refractivity contribution in [3.05, 3.63) is 58.6 Å². The molecule has 0 saturated heterocycles. The summed E-state index contributed by atoms with van der Waals surface area (Å²) < 4.78 is 5.61. The molecule has 0 unspecified atom stereocenters. The van der Waals surface area contributed by atoms with Gasteiger partial charge in [-0.05, 0) is 68.0 Å². The Hall–Kier alpha value is -2.57. The SMILES string of the molecule is C.CC(C)Oc1ccc(C(=O)N[C@H](CCO)Cc2ccc(NC(=O)CC(C)(C)C)cc2)cc1Cl. The van der Waals surface area contributed by atoms with E-state index in [4.69, 9.17) is 16.3 Å². The Morgan fingerprint density at radius 1 is 1.09 bits per heavy atom. The van der Waals surface area contributed by atoms with E-state index in [0.717, 1.165) is 11.3 Å². The minimum absolute atomic E-state index is 0. The highest BCUT2D eigenvalue weighted by Crippen LogP contribution is 2.26. The maximum atomic E-state index is 12.8. The highest BCUT2D eigenvalue weighted by Gasteiger charge is 2.17. The van der Waals surface area contributed by atoms with Gasteiger partial charge in [0.25, 0.3) is 5.91 Å². The molecule has 34 heavy (non-hydrogen) atoms. The predicted octanol–water partition coefficient (Wildman–Crippen LogP) is 5.86. The van der Waals surface area contributed by atoms with Crippen molar-refractivity contribution in [2.75, 3.05) is 11.9 Å². The number of carbonyl (C=O) groups excluding carboxylic acids is 2. The van der Waals surface area contributed by atoms with Crippen LogP contribution in [0.1, 0.15) is 70.8 Å². The number of halogens is 1. The summed E-state index contributed by atoms with van der Waals surface area (Å²) in [6, 6.07) is 12.2. The molecule has 188 valence electrons. The Morgan fingerprint density at radius 3 is 2.26 bits per heavy atom. The van der Waals surface area contributed by atoms with E-state index in [9.17, 15) is 14.7 Å². The van der Waals surface area contributed by atoms with Gasteiger partial charge in [-0.3, -0.25) is 9.59 Å². The fraction of sp³-hybridized carbons (Fsp3) is 0.481. The Bertz CT molecular complexity index is 937. The number of aliphatic hydroxyl groups excluding tert-OH is 1. The van der Waals surface area contributed by atoms with Crippen molar-refractivity contribution in [2.24, 2.45) is 5.41 Å². The minimum Gasteiger partial charge on any atom is -0.489 e. The van der Waals surface area contributed by atoms with Gasteiger partial charge in [0, 0.05) is 30.3 Å². The van der Waals surface area contributed by atoms with E-state index >= 15 is 0 Å². The standard InChI is InChI=1S/C26H35ClN2O4.CH4/c1-17(2)33-23-11-8-19(15-22(23)27)25(32)29-21(12-13-30)14-18-6-9-20(10-7-18)28-24(31)16-26(3,4)5;/h6-11,15,17,21,30H,12-14,16H2,1-5H3,(H,28,31)(H,29,32);1H4/t21-;/m1./s1. The molecular weight excluding hydrogens is 452 g/mol. The summed E-state index contributed by atoms with van der Waals surface area (Å²) in [4.78, 5) is 24.9. The number of rotatable bonds is 10. The van der Waals surface area contributed by atoms with Crippen LogP contribution in [0, 0.1) is 5.41 Å². The molecule has 0 bridgehead atoms. The quantitative estimate of drug-likeness (QED) is 0.389. The average molecular weight is 491 g/mol. The number of hydrogen-bond acceptors (Lipinski definition) is 4. The second-order valence-electron chi connectivity index (χ2n) is 9.68. The molecule has 7 heteroatoms. The van der Waals surface area contributed by atoms with Gasteiger partial charge in [0.1, 0.15) is 5.75 Å². The third-order valence-electron chi connectivity index (χ3n) is 4.78. The molecule has 2 rings (SSSR count). The lowest BCUT2D eigenvalue weighted by Crippen LogP contribution is -2.37. The molecule has 2 aromatic rings. The van der Waals surface area contributed by atoms with Crippen LogP contribution in [0.4, 0.5) is 5.69 Å². The van der Waals surface area contributed by atoms with Gasteiger partial charge in [0.2, 0.25) is 5.91 Å². The second-order valence-corrected chi connectivity index (χ2v) is 10.1. The minimum atomic E-state index is -0.266. The zero-order valence-corrected chi connectivity index (χ0v) is 20.8. The highest BCUT2D eigenvalue weighted by atomic mass is 35.5. The van der Waals surface area contributed by atoms with Crippen LogP contribution in [0.3, 0.4) is 0 Å². The monoisotopic (exact) mass is 490 g/mol. The smallest absolute Gasteiger partial charge is 0.251 e. The lowest BCUT2D eigenvalue weighted by Gasteiger charge is -2.19. The van der Waals surface area contributed by atoms with Crippen molar-refractivity contribution >= 4 is 29.1 Å². The van der Waals surface area contributed by atoms with Crippen molar-refractivity contribution in [1.29, 1.82) is 0 Å². The Morgan fingerprint density at radius 2 is 1.74 bits per heavy atom. The molecule has 2 aromatic carbocycles. The maximum absolute atomic E-state index is 12.8. The molecule has 0 saturated carbocycles. The van der Waals surface area contributed by atoms with E-state index in [2.05, 4.69) is 10.6 Å². The molecule has 0 aliphatic heterocycles. The summed E-state index contributed by atoms with van der Waals surface area (Å²) in [7, 11) is 0. The third-order valence-corrected chi connectivity index (χ3v) is 5.08. The van der Waals surface area contributed by atoms with Crippen molar-refractivity contribution in [1.82, 2.24) is 5.32 Å². The summed E-state index contributed by atoms with van der Waals surface area (Å²) in [5, 5.41) is 15.7. The molecule has 0 heterocycles. The van der Waals surface area contributed by atoms with Gasteiger partial charge in [-0.15, -0.1) is 0 Å². The predicted molar refractivity (Wildman–Crippen MR) is 140 cm³/mol. The third kappa shape index (κ3) is 10.1.